The lowest BCUT2D eigenvalue weighted by Gasteiger charge is -2.14. The maximum absolute atomic E-state index is 11.1. The van der Waals surface area contributed by atoms with E-state index in [4.69, 9.17) is 9.84 Å². The second-order valence-electron chi connectivity index (χ2n) is 4.55. The van der Waals surface area contributed by atoms with Crippen molar-refractivity contribution in [2.24, 2.45) is 0 Å². The number of hydrogen-bond donors (Lipinski definition) is 2. The molecule has 0 aliphatic carbocycles. The zero-order valence-corrected chi connectivity index (χ0v) is 12.9. The number of rotatable bonds is 10. The predicted octanol–water partition coefficient (Wildman–Crippen LogP) is 2.77. The fourth-order valence-electron chi connectivity index (χ4n) is 1.75. The van der Waals surface area contributed by atoms with E-state index in [2.05, 4.69) is 12.2 Å². The Morgan fingerprint density at radius 1 is 1.50 bits per heavy atom. The van der Waals surface area contributed by atoms with Crippen molar-refractivity contribution in [2.45, 2.75) is 32.4 Å². The largest absolute Gasteiger partial charge is 0.494 e. The monoisotopic (exact) mass is 297 g/mol. The van der Waals surface area contributed by atoms with Gasteiger partial charge in [0.15, 0.2) is 0 Å². The number of nitrogens with one attached hydrogen (secondary N) is 1. The van der Waals surface area contributed by atoms with Gasteiger partial charge in [0, 0.05) is 6.54 Å². The van der Waals surface area contributed by atoms with Crippen LogP contribution < -0.4 is 10.1 Å². The molecular formula is C15H23NO3S. The van der Waals surface area contributed by atoms with Crippen LogP contribution in [0.25, 0.3) is 0 Å². The van der Waals surface area contributed by atoms with E-state index in [0.717, 1.165) is 23.5 Å². The quantitative estimate of drug-likeness (QED) is 0.695. The average Bonchev–Trinajstić information content (AvgIpc) is 2.45. The van der Waals surface area contributed by atoms with Crippen LogP contribution in [0.1, 0.15) is 25.3 Å². The third kappa shape index (κ3) is 6.30. The van der Waals surface area contributed by atoms with Gasteiger partial charge in [-0.1, -0.05) is 19.1 Å². The first-order valence-corrected chi connectivity index (χ1v) is 8.23. The van der Waals surface area contributed by atoms with E-state index in [0.29, 0.717) is 19.6 Å². The minimum Gasteiger partial charge on any atom is -0.494 e. The molecule has 0 aliphatic rings. The van der Waals surface area contributed by atoms with Gasteiger partial charge in [0.25, 0.3) is 0 Å². The Labute approximate surface area is 124 Å². The highest BCUT2D eigenvalue weighted by Crippen LogP contribution is 2.14. The van der Waals surface area contributed by atoms with Crippen LogP contribution in [0.3, 0.4) is 0 Å². The van der Waals surface area contributed by atoms with E-state index in [1.54, 1.807) is 11.8 Å². The summed E-state index contributed by atoms with van der Waals surface area (Å²) in [7, 11) is 0. The number of carboxylic acids is 1. The first kappa shape index (κ1) is 16.9. The highest BCUT2D eigenvalue weighted by molar-refractivity contribution is 7.98. The van der Waals surface area contributed by atoms with Crippen LogP contribution in [-0.4, -0.2) is 35.7 Å². The van der Waals surface area contributed by atoms with Gasteiger partial charge in [-0.25, -0.2) is 0 Å². The van der Waals surface area contributed by atoms with Gasteiger partial charge in [0.1, 0.15) is 11.8 Å². The first-order valence-electron chi connectivity index (χ1n) is 6.84. The Balaban J connectivity index is 2.52. The summed E-state index contributed by atoms with van der Waals surface area (Å²) < 4.78 is 5.57. The summed E-state index contributed by atoms with van der Waals surface area (Å²) in [6.45, 7) is 3.30. The molecule has 0 saturated heterocycles. The normalized spacial score (nSPS) is 12.1. The molecule has 1 aromatic carbocycles. The minimum atomic E-state index is -0.794. The van der Waals surface area contributed by atoms with Gasteiger partial charge < -0.3 is 15.2 Å². The van der Waals surface area contributed by atoms with Crippen LogP contribution in [-0.2, 0) is 11.3 Å². The molecule has 5 heteroatoms. The van der Waals surface area contributed by atoms with E-state index in [-0.39, 0.29) is 0 Å². The molecule has 0 radical (unpaired) electrons. The highest BCUT2D eigenvalue weighted by Gasteiger charge is 2.15. The molecule has 1 atom stereocenters. The van der Waals surface area contributed by atoms with Crippen molar-refractivity contribution in [2.75, 3.05) is 18.6 Å². The molecule has 0 spiro atoms. The summed E-state index contributed by atoms with van der Waals surface area (Å²) in [5.41, 5.74) is 1.04. The van der Waals surface area contributed by atoms with Crippen LogP contribution in [0.2, 0.25) is 0 Å². The van der Waals surface area contributed by atoms with Crippen LogP contribution in [0.4, 0.5) is 0 Å². The van der Waals surface area contributed by atoms with Gasteiger partial charge in [-0.15, -0.1) is 0 Å². The van der Waals surface area contributed by atoms with Crippen LogP contribution in [0.15, 0.2) is 24.3 Å². The maximum atomic E-state index is 11.1. The third-order valence-electron chi connectivity index (χ3n) is 2.83. The number of carboxylic acid groups (broad SMARTS) is 1. The number of hydrogen-bond acceptors (Lipinski definition) is 4. The molecule has 1 rings (SSSR count). The molecule has 0 aliphatic heterocycles. The molecule has 4 nitrogen and oxygen atoms in total. The summed E-state index contributed by atoms with van der Waals surface area (Å²) >= 11 is 1.66. The summed E-state index contributed by atoms with van der Waals surface area (Å²) in [5.74, 6) is 0.878. The van der Waals surface area contributed by atoms with Crippen molar-refractivity contribution in [3.05, 3.63) is 29.8 Å². The molecule has 0 unspecified atom stereocenters. The second kappa shape index (κ2) is 9.66. The molecular weight excluding hydrogens is 274 g/mol. The lowest BCUT2D eigenvalue weighted by Crippen LogP contribution is -2.36. The average molecular weight is 297 g/mol. The molecule has 0 heterocycles. The van der Waals surface area contributed by atoms with Crippen molar-refractivity contribution in [3.8, 4) is 5.75 Å². The molecule has 0 fully saturated rings. The van der Waals surface area contributed by atoms with Crippen molar-refractivity contribution in [3.63, 3.8) is 0 Å². The molecule has 1 aromatic rings. The number of benzene rings is 1. The van der Waals surface area contributed by atoms with E-state index >= 15 is 0 Å². The van der Waals surface area contributed by atoms with Gasteiger partial charge in [-0.2, -0.15) is 11.8 Å². The zero-order chi connectivity index (χ0) is 14.8. The van der Waals surface area contributed by atoms with Gasteiger partial charge in [0.05, 0.1) is 6.61 Å². The van der Waals surface area contributed by atoms with Crippen molar-refractivity contribution in [1.29, 1.82) is 0 Å². The molecule has 0 aromatic heterocycles. The number of carbonyl (C=O) groups is 1. The van der Waals surface area contributed by atoms with Gasteiger partial charge in [-0.05, 0) is 42.5 Å². The fraction of sp³-hybridized carbons (Fsp3) is 0.533. The van der Waals surface area contributed by atoms with Gasteiger partial charge >= 0.3 is 5.97 Å². The predicted molar refractivity (Wildman–Crippen MR) is 83.5 cm³/mol. The molecule has 0 bridgehead atoms. The number of aliphatic carboxylic acids is 1. The van der Waals surface area contributed by atoms with E-state index in [1.807, 2.05) is 30.5 Å². The van der Waals surface area contributed by atoms with Gasteiger partial charge in [-0.3, -0.25) is 4.79 Å². The van der Waals surface area contributed by atoms with Crippen LogP contribution in [0, 0.1) is 0 Å². The molecule has 0 amide bonds. The lowest BCUT2D eigenvalue weighted by molar-refractivity contribution is -0.139. The topological polar surface area (TPSA) is 58.6 Å². The fourth-order valence-corrected chi connectivity index (χ4v) is 2.23. The van der Waals surface area contributed by atoms with Crippen LogP contribution >= 0.6 is 11.8 Å². The molecule has 20 heavy (non-hydrogen) atoms. The summed E-state index contributed by atoms with van der Waals surface area (Å²) in [6.07, 6.45) is 3.58. The Morgan fingerprint density at radius 2 is 2.30 bits per heavy atom. The molecule has 0 saturated carbocycles. The standard InChI is InChI=1S/C15H23NO3S/c1-3-8-19-13-6-4-5-12(10-13)11-16-14(15(17)18)7-9-20-2/h4-6,10,14,16H,3,7-9,11H2,1-2H3,(H,17,18)/t14-/m0/s1. The van der Waals surface area contributed by atoms with Crippen molar-refractivity contribution >= 4 is 17.7 Å². The van der Waals surface area contributed by atoms with E-state index < -0.39 is 12.0 Å². The van der Waals surface area contributed by atoms with E-state index in [1.165, 1.54) is 0 Å². The Morgan fingerprint density at radius 3 is 2.95 bits per heavy atom. The Hall–Kier alpha value is -1.20. The summed E-state index contributed by atoms with van der Waals surface area (Å²) in [6, 6.07) is 7.28. The second-order valence-corrected chi connectivity index (χ2v) is 5.53. The molecule has 112 valence electrons. The number of thioether (sulfide) groups is 1. The van der Waals surface area contributed by atoms with Crippen LogP contribution in [0.5, 0.6) is 5.75 Å². The van der Waals surface area contributed by atoms with E-state index in [9.17, 15) is 4.79 Å². The number of ether oxygens (including phenoxy) is 1. The Kier molecular flexibility index (Phi) is 8.14. The summed E-state index contributed by atoms with van der Waals surface area (Å²) in [5, 5.41) is 12.2. The smallest absolute Gasteiger partial charge is 0.320 e. The van der Waals surface area contributed by atoms with Crippen molar-refractivity contribution in [1.82, 2.24) is 5.32 Å². The minimum absolute atomic E-state index is 0.498. The van der Waals surface area contributed by atoms with Gasteiger partial charge in [0.2, 0.25) is 0 Å². The summed E-state index contributed by atoms with van der Waals surface area (Å²) in [4.78, 5) is 11.1. The third-order valence-corrected chi connectivity index (χ3v) is 3.48. The zero-order valence-electron chi connectivity index (χ0n) is 12.1. The maximum Gasteiger partial charge on any atom is 0.320 e. The van der Waals surface area contributed by atoms with Crippen molar-refractivity contribution < 1.29 is 14.6 Å². The highest BCUT2D eigenvalue weighted by atomic mass is 32.2. The SMILES string of the molecule is CCCOc1cccc(CN[C@@H](CCSC)C(=O)O)c1. The Bertz CT molecular complexity index is 412. The lowest BCUT2D eigenvalue weighted by atomic mass is 10.1. The molecule has 2 N–H and O–H groups in total. The first-order chi connectivity index (χ1) is 9.67.